The van der Waals surface area contributed by atoms with Gasteiger partial charge in [0, 0.05) is 70.6 Å². The molecule has 1 atom stereocenters. The number of anilines is 1. The van der Waals surface area contributed by atoms with Gasteiger partial charge >= 0.3 is 0 Å². The Balaban J connectivity index is 2.04. The number of nitrogens with one attached hydrogen (secondary N) is 2. The van der Waals surface area contributed by atoms with Crippen molar-refractivity contribution in [2.75, 3.05) is 58.4 Å². The molecule has 1 aliphatic carbocycles. The van der Waals surface area contributed by atoms with Crippen molar-refractivity contribution in [2.45, 2.75) is 173 Å². The molecule has 0 heterocycles. The zero-order valence-electron chi connectivity index (χ0n) is 44.9. The minimum Gasteiger partial charge on any atom is -0.417 e. The molecule has 0 aliphatic heterocycles. The molecule has 0 saturated carbocycles. The van der Waals surface area contributed by atoms with Gasteiger partial charge in [-0.15, -0.1) is 0 Å². The highest BCUT2D eigenvalue weighted by atomic mass is 32.2. The van der Waals surface area contributed by atoms with Crippen molar-refractivity contribution in [3.05, 3.63) is 47.2 Å². The molecule has 0 bridgehead atoms. The first-order chi connectivity index (χ1) is 29.7. The monoisotopic (exact) mass is 1020 g/mol. The lowest BCUT2D eigenvalue weighted by atomic mass is 9.81. The summed E-state index contributed by atoms with van der Waals surface area (Å²) in [5.41, 5.74) is 1.44. The zero-order chi connectivity index (χ0) is 50.5. The Morgan fingerprint density at radius 3 is 1.48 bits per heavy atom. The molecule has 0 saturated heterocycles. The molecule has 0 spiro atoms. The average molecular weight is 1020 g/mol. The molecule has 11 nitrogen and oxygen atoms in total. The van der Waals surface area contributed by atoms with Crippen LogP contribution in [-0.2, 0) is 42.5 Å². The molecular formula is C49H89N3O8S2Si4. The van der Waals surface area contributed by atoms with Gasteiger partial charge < -0.3 is 23.0 Å². The fourth-order valence-electron chi connectivity index (χ4n) is 7.53. The second kappa shape index (κ2) is 19.6. The van der Waals surface area contributed by atoms with Crippen molar-refractivity contribution in [3.8, 4) is 0 Å². The van der Waals surface area contributed by atoms with Gasteiger partial charge in [-0.1, -0.05) is 113 Å². The summed E-state index contributed by atoms with van der Waals surface area (Å²) in [5, 5.41) is 6.72. The normalized spacial score (nSPS) is 17.7. The molecule has 1 aliphatic rings. The molecule has 66 heavy (non-hydrogen) atoms. The van der Waals surface area contributed by atoms with Crippen molar-refractivity contribution in [1.29, 1.82) is 0 Å². The van der Waals surface area contributed by atoms with Gasteiger partial charge in [-0.25, -0.2) is 21.6 Å². The zero-order valence-corrected chi connectivity index (χ0v) is 50.5. The third-order valence-electron chi connectivity index (χ3n) is 16.2. The summed E-state index contributed by atoms with van der Waals surface area (Å²) in [6.45, 7) is 44.2. The first-order valence-corrected chi connectivity index (χ1v) is 38.5. The highest BCUT2D eigenvalue weighted by Crippen LogP contribution is 2.49. The summed E-state index contributed by atoms with van der Waals surface area (Å²) in [6, 6.07) is 11.8. The Morgan fingerprint density at radius 1 is 0.591 bits per heavy atom. The second-order valence-corrected chi connectivity index (χ2v) is 48.0. The summed E-state index contributed by atoms with van der Waals surface area (Å²) < 4.78 is 92.8. The van der Waals surface area contributed by atoms with Gasteiger partial charge in [-0.05, 0) is 112 Å². The quantitative estimate of drug-likeness (QED) is 0.0790. The number of benzene rings is 3. The van der Waals surface area contributed by atoms with Crippen LogP contribution in [0.3, 0.4) is 0 Å². The molecule has 17 heteroatoms. The van der Waals surface area contributed by atoms with Gasteiger partial charge in [-0.3, -0.25) is 0 Å². The largest absolute Gasteiger partial charge is 0.417 e. The average Bonchev–Trinajstić information content (AvgIpc) is 3.16. The van der Waals surface area contributed by atoms with E-state index in [1.54, 1.807) is 0 Å². The standard InChI is InChI=1S/C49H89N3O8S2Si4/c1-45(2,3)63(14,15)57-32-28-49(62(55,56)51-29-33-58-64(16,17)46(4,5)6)36-42(39-25-24-38-41(50-13)27-23-37-22-26-40(49)44(39)43(37)38)61(53,54)52(30-34-59-65(18,19)47(7,8)9)31-35-60-66(20,21)48(10,11)12/h22-27,50-51H,28-36H2,1-21H3. The molecule has 3 aromatic rings. The minimum absolute atomic E-state index is 0.0382. The highest BCUT2D eigenvalue weighted by Gasteiger charge is 2.52. The van der Waals surface area contributed by atoms with Crippen LogP contribution >= 0.6 is 0 Å². The fourth-order valence-corrected chi connectivity index (χ4v) is 15.4. The van der Waals surface area contributed by atoms with E-state index in [1.807, 2.05) is 43.4 Å². The van der Waals surface area contributed by atoms with E-state index in [9.17, 15) is 0 Å². The van der Waals surface area contributed by atoms with E-state index in [4.69, 9.17) is 17.7 Å². The van der Waals surface area contributed by atoms with E-state index < -0.39 is 58.1 Å². The lowest BCUT2D eigenvalue weighted by Crippen LogP contribution is -2.51. The van der Waals surface area contributed by atoms with Crippen LogP contribution < -0.4 is 15.3 Å². The SMILES string of the molecule is CNc1ccc2ccc3c4c(ccc1c24)=C(S(=O)(=O)N(CCO[Si](C)(C)C(C)(C)C)CCO[Si](C)(C)C(C)(C)C)CC3(CCO[Si](C)(C)C(C)(C)C)S(=O)(=O)NCCO[Si](C)(C)C(C)(C)C. The fraction of sp³-hybridized carbons (Fsp3) is 0.714. The number of rotatable bonds is 21. The maximum Gasteiger partial charge on any atom is 0.240 e. The Kier molecular flexibility index (Phi) is 17.0. The third kappa shape index (κ3) is 11.6. The second-order valence-electron chi connectivity index (χ2n) is 24.7. The van der Waals surface area contributed by atoms with Crippen LogP contribution in [0, 0.1) is 0 Å². The third-order valence-corrected chi connectivity index (χ3v) is 38.6. The van der Waals surface area contributed by atoms with Crippen molar-refractivity contribution in [3.63, 3.8) is 0 Å². The first-order valence-electron chi connectivity index (χ1n) is 24.0. The van der Waals surface area contributed by atoms with Crippen LogP contribution in [0.25, 0.3) is 26.5 Å². The van der Waals surface area contributed by atoms with Gasteiger partial charge in [-0.2, -0.15) is 4.31 Å². The molecule has 0 aromatic heterocycles. The predicted molar refractivity (Wildman–Crippen MR) is 291 cm³/mol. The highest BCUT2D eigenvalue weighted by molar-refractivity contribution is 7.98. The van der Waals surface area contributed by atoms with Crippen LogP contribution in [0.4, 0.5) is 5.69 Å². The summed E-state index contributed by atoms with van der Waals surface area (Å²) in [6.07, 6.45) is -0.243. The number of sulfonamides is 2. The van der Waals surface area contributed by atoms with Crippen LogP contribution in [0.15, 0.2) is 36.4 Å². The summed E-state index contributed by atoms with van der Waals surface area (Å²) >= 11 is 0. The van der Waals surface area contributed by atoms with Gasteiger partial charge in [0.1, 0.15) is 4.75 Å². The van der Waals surface area contributed by atoms with Crippen LogP contribution in [0.2, 0.25) is 72.5 Å². The number of nitrogens with zero attached hydrogens (tertiary/aromatic N) is 1. The van der Waals surface area contributed by atoms with Crippen molar-refractivity contribution in [1.82, 2.24) is 9.03 Å². The Morgan fingerprint density at radius 2 is 1.03 bits per heavy atom. The lowest BCUT2D eigenvalue weighted by Gasteiger charge is -2.42. The minimum atomic E-state index is -4.39. The van der Waals surface area contributed by atoms with E-state index in [0.717, 1.165) is 21.8 Å². The van der Waals surface area contributed by atoms with Gasteiger partial charge in [0.25, 0.3) is 0 Å². The first kappa shape index (κ1) is 57.1. The molecule has 0 amide bonds. The molecule has 376 valence electrons. The smallest absolute Gasteiger partial charge is 0.240 e. The summed E-state index contributed by atoms with van der Waals surface area (Å²) in [7, 11) is -16.0. The predicted octanol–water partition coefficient (Wildman–Crippen LogP) is 11.5. The van der Waals surface area contributed by atoms with Crippen molar-refractivity contribution >= 4 is 85.5 Å². The van der Waals surface area contributed by atoms with E-state index in [0.29, 0.717) is 16.2 Å². The summed E-state index contributed by atoms with van der Waals surface area (Å²) in [4.78, 5) is 0.0779. The van der Waals surface area contributed by atoms with Crippen LogP contribution in [0.1, 0.15) is 101 Å². The van der Waals surface area contributed by atoms with Crippen molar-refractivity contribution in [2.24, 2.45) is 0 Å². The van der Waals surface area contributed by atoms with Gasteiger partial charge in [0.2, 0.25) is 20.0 Å². The maximum atomic E-state index is 16.0. The van der Waals surface area contributed by atoms with E-state index in [2.05, 4.69) is 145 Å². The Labute approximate surface area is 405 Å². The number of hydrogen-bond acceptors (Lipinski definition) is 9. The van der Waals surface area contributed by atoms with Crippen LogP contribution in [-0.4, -0.2) is 108 Å². The van der Waals surface area contributed by atoms with Gasteiger partial charge in [0.05, 0.1) is 4.91 Å². The maximum absolute atomic E-state index is 16.0. The van der Waals surface area contributed by atoms with E-state index >= 15 is 16.8 Å². The molecule has 2 N–H and O–H groups in total. The van der Waals surface area contributed by atoms with Crippen LogP contribution in [0.5, 0.6) is 0 Å². The topological polar surface area (TPSA) is 132 Å². The lowest BCUT2D eigenvalue weighted by molar-refractivity contribution is 0.220. The Hall–Kier alpha value is -1.49. The van der Waals surface area contributed by atoms with Gasteiger partial charge in [0.15, 0.2) is 33.3 Å². The molecule has 0 radical (unpaired) electrons. The molecule has 0 fully saturated rings. The number of hydrogen-bond donors (Lipinski definition) is 2. The molecule has 1 unspecified atom stereocenters. The molecule has 3 aromatic carbocycles. The molecule has 4 rings (SSSR count). The van der Waals surface area contributed by atoms with Crippen molar-refractivity contribution < 1.29 is 34.5 Å². The molecular weight excluding hydrogens is 935 g/mol. The Bertz CT molecular complexity index is 2450. The van der Waals surface area contributed by atoms with E-state index in [1.165, 1.54) is 4.31 Å². The van der Waals surface area contributed by atoms with E-state index in [-0.39, 0.29) is 84.0 Å². The summed E-state index contributed by atoms with van der Waals surface area (Å²) in [5.74, 6) is 0.